The molecule has 1 aromatic carbocycles. The summed E-state index contributed by atoms with van der Waals surface area (Å²) in [6.07, 6.45) is 0.0749. The van der Waals surface area contributed by atoms with Gasteiger partial charge in [0.25, 0.3) is 5.69 Å². The lowest BCUT2D eigenvalue weighted by Gasteiger charge is -2.13. The first-order valence-corrected chi connectivity index (χ1v) is 5.84. The summed E-state index contributed by atoms with van der Waals surface area (Å²) >= 11 is 0. The minimum Gasteiger partial charge on any atom is -0.386 e. The lowest BCUT2D eigenvalue weighted by molar-refractivity contribution is -0.385. The third-order valence-corrected chi connectivity index (χ3v) is 2.70. The van der Waals surface area contributed by atoms with Gasteiger partial charge in [-0.05, 0) is 12.1 Å². The van der Waals surface area contributed by atoms with Crippen molar-refractivity contribution in [2.24, 2.45) is 0 Å². The molecule has 7 heteroatoms. The predicted molar refractivity (Wildman–Crippen MR) is 70.7 cm³/mol. The Kier molecular flexibility index (Phi) is 4.21. The van der Waals surface area contributed by atoms with Crippen LogP contribution in [0.15, 0.2) is 42.6 Å². The first-order chi connectivity index (χ1) is 9.58. The monoisotopic (exact) mass is 277 g/mol. The summed E-state index contributed by atoms with van der Waals surface area (Å²) in [4.78, 5) is 13.7. The predicted octanol–water partition coefficient (Wildman–Crippen LogP) is 2.27. The zero-order valence-corrected chi connectivity index (χ0v) is 10.4. The van der Waals surface area contributed by atoms with Crippen LogP contribution in [0.4, 0.5) is 15.9 Å². The number of anilines is 1. The molecule has 0 spiro atoms. The van der Waals surface area contributed by atoms with Crippen LogP contribution in [0.1, 0.15) is 11.7 Å². The number of nitro groups is 1. The zero-order valence-electron chi connectivity index (χ0n) is 10.4. The molecule has 0 fully saturated rings. The van der Waals surface area contributed by atoms with Crippen LogP contribution in [0.3, 0.4) is 0 Å². The molecule has 1 aromatic heterocycles. The van der Waals surface area contributed by atoms with Gasteiger partial charge in [0.05, 0.1) is 11.0 Å². The number of aromatic nitrogens is 1. The maximum absolute atomic E-state index is 13.4. The lowest BCUT2D eigenvalue weighted by atomic mass is 10.1. The smallest absolute Gasteiger partial charge is 0.287 e. The standard InChI is InChI=1S/C13H12FN3O3/c14-11-4-2-1-3-10(11)12(18)8-16-13-6-5-9(7-15-13)17(19)20/h1-7,12,18H,8H2,(H,15,16)/t12-/m0/s1. The molecule has 1 heterocycles. The number of rotatable bonds is 5. The molecule has 0 radical (unpaired) electrons. The molecule has 2 N–H and O–H groups in total. The third kappa shape index (κ3) is 3.27. The van der Waals surface area contributed by atoms with Crippen molar-refractivity contribution < 1.29 is 14.4 Å². The van der Waals surface area contributed by atoms with Gasteiger partial charge in [-0.1, -0.05) is 18.2 Å². The van der Waals surface area contributed by atoms with E-state index >= 15 is 0 Å². The molecule has 20 heavy (non-hydrogen) atoms. The molecule has 0 saturated heterocycles. The molecular weight excluding hydrogens is 265 g/mol. The van der Waals surface area contributed by atoms with Gasteiger partial charge in [0.2, 0.25) is 0 Å². The van der Waals surface area contributed by atoms with Crippen LogP contribution in [-0.2, 0) is 0 Å². The topological polar surface area (TPSA) is 88.3 Å². The summed E-state index contributed by atoms with van der Waals surface area (Å²) in [6, 6.07) is 8.65. The number of hydrogen-bond acceptors (Lipinski definition) is 5. The van der Waals surface area contributed by atoms with E-state index in [-0.39, 0.29) is 17.8 Å². The zero-order chi connectivity index (χ0) is 14.5. The van der Waals surface area contributed by atoms with Crippen molar-refractivity contribution in [1.29, 1.82) is 0 Å². The van der Waals surface area contributed by atoms with E-state index in [2.05, 4.69) is 10.3 Å². The van der Waals surface area contributed by atoms with Gasteiger partial charge in [-0.15, -0.1) is 0 Å². The molecule has 104 valence electrons. The molecule has 0 amide bonds. The SMILES string of the molecule is O=[N+]([O-])c1ccc(NC[C@H](O)c2ccccc2F)nc1. The fourth-order valence-electron chi connectivity index (χ4n) is 1.66. The first-order valence-electron chi connectivity index (χ1n) is 5.84. The first kappa shape index (κ1) is 13.9. The van der Waals surface area contributed by atoms with Crippen LogP contribution >= 0.6 is 0 Å². The van der Waals surface area contributed by atoms with Crippen molar-refractivity contribution in [1.82, 2.24) is 4.98 Å². The van der Waals surface area contributed by atoms with Crippen molar-refractivity contribution in [2.45, 2.75) is 6.10 Å². The molecule has 1 atom stereocenters. The van der Waals surface area contributed by atoms with Gasteiger partial charge in [-0.25, -0.2) is 9.37 Å². The van der Waals surface area contributed by atoms with Crippen molar-refractivity contribution >= 4 is 11.5 Å². The van der Waals surface area contributed by atoms with Gasteiger partial charge in [0.15, 0.2) is 0 Å². The van der Waals surface area contributed by atoms with E-state index in [4.69, 9.17) is 0 Å². The van der Waals surface area contributed by atoms with E-state index in [0.29, 0.717) is 5.82 Å². The number of aliphatic hydroxyl groups excluding tert-OH is 1. The highest BCUT2D eigenvalue weighted by molar-refractivity contribution is 5.40. The largest absolute Gasteiger partial charge is 0.386 e. The fraction of sp³-hybridized carbons (Fsp3) is 0.154. The molecule has 2 aromatic rings. The molecule has 0 aliphatic carbocycles. The Balaban J connectivity index is 1.98. The molecule has 2 rings (SSSR count). The summed E-state index contributed by atoms with van der Waals surface area (Å²) in [5, 5.41) is 23.1. The van der Waals surface area contributed by atoms with Crippen LogP contribution in [-0.4, -0.2) is 21.6 Å². The van der Waals surface area contributed by atoms with Crippen LogP contribution in [0, 0.1) is 15.9 Å². The minimum atomic E-state index is -1.03. The van der Waals surface area contributed by atoms with Crippen molar-refractivity contribution in [2.75, 3.05) is 11.9 Å². The molecule has 0 bridgehead atoms. The van der Waals surface area contributed by atoms with Gasteiger partial charge in [-0.2, -0.15) is 0 Å². The van der Waals surface area contributed by atoms with Crippen LogP contribution < -0.4 is 5.32 Å². The number of nitrogens with one attached hydrogen (secondary N) is 1. The number of nitrogens with zero attached hydrogens (tertiary/aromatic N) is 2. The second kappa shape index (κ2) is 6.07. The van der Waals surface area contributed by atoms with Crippen molar-refractivity contribution in [3.8, 4) is 0 Å². The maximum Gasteiger partial charge on any atom is 0.287 e. The number of benzene rings is 1. The van der Waals surface area contributed by atoms with E-state index in [9.17, 15) is 19.6 Å². The summed E-state index contributed by atoms with van der Waals surface area (Å²) in [5.41, 5.74) is 0.0621. The molecule has 0 unspecified atom stereocenters. The Morgan fingerprint density at radius 3 is 2.70 bits per heavy atom. The van der Waals surface area contributed by atoms with E-state index < -0.39 is 16.8 Å². The van der Waals surface area contributed by atoms with Gasteiger partial charge in [-0.3, -0.25) is 10.1 Å². The van der Waals surface area contributed by atoms with Crippen molar-refractivity contribution in [3.63, 3.8) is 0 Å². The van der Waals surface area contributed by atoms with E-state index in [0.717, 1.165) is 6.20 Å². The summed E-state index contributed by atoms with van der Waals surface area (Å²) in [5.74, 6) is -0.121. The van der Waals surface area contributed by atoms with Gasteiger partial charge in [0.1, 0.15) is 17.8 Å². The summed E-state index contributed by atoms with van der Waals surface area (Å²) < 4.78 is 13.4. The minimum absolute atomic E-state index is 0.0474. The van der Waals surface area contributed by atoms with E-state index in [1.54, 1.807) is 6.07 Å². The Morgan fingerprint density at radius 1 is 1.35 bits per heavy atom. The molecule has 0 aliphatic rings. The van der Waals surface area contributed by atoms with Crippen LogP contribution in [0.2, 0.25) is 0 Å². The second-order valence-corrected chi connectivity index (χ2v) is 4.08. The van der Waals surface area contributed by atoms with Gasteiger partial charge >= 0.3 is 0 Å². The highest BCUT2D eigenvalue weighted by Gasteiger charge is 2.12. The fourth-order valence-corrected chi connectivity index (χ4v) is 1.66. The van der Waals surface area contributed by atoms with E-state index in [1.165, 1.54) is 30.3 Å². The normalized spacial score (nSPS) is 11.9. The lowest BCUT2D eigenvalue weighted by Crippen LogP contribution is -2.14. The Morgan fingerprint density at radius 2 is 2.10 bits per heavy atom. The maximum atomic E-state index is 13.4. The van der Waals surface area contributed by atoms with Gasteiger partial charge < -0.3 is 10.4 Å². The number of aliphatic hydroxyl groups is 1. The Hall–Kier alpha value is -2.54. The van der Waals surface area contributed by atoms with Crippen molar-refractivity contribution in [3.05, 3.63) is 64.1 Å². The molecule has 0 saturated carbocycles. The van der Waals surface area contributed by atoms with Crippen LogP contribution in [0.5, 0.6) is 0 Å². The average Bonchev–Trinajstić information content (AvgIpc) is 2.45. The quantitative estimate of drug-likeness (QED) is 0.646. The van der Waals surface area contributed by atoms with Gasteiger partial charge in [0, 0.05) is 18.2 Å². The Bertz CT molecular complexity index is 604. The summed E-state index contributed by atoms with van der Waals surface area (Å²) in [6.45, 7) is 0.0474. The third-order valence-electron chi connectivity index (χ3n) is 2.70. The number of halogens is 1. The number of pyridine rings is 1. The average molecular weight is 277 g/mol. The molecule has 6 nitrogen and oxygen atoms in total. The highest BCUT2D eigenvalue weighted by atomic mass is 19.1. The van der Waals surface area contributed by atoms with E-state index in [1.807, 2.05) is 0 Å². The second-order valence-electron chi connectivity index (χ2n) is 4.08. The number of hydrogen-bond donors (Lipinski definition) is 2. The molecular formula is C13H12FN3O3. The Labute approximate surface area is 114 Å². The highest BCUT2D eigenvalue weighted by Crippen LogP contribution is 2.18. The molecule has 0 aliphatic heterocycles. The van der Waals surface area contributed by atoms with Crippen LogP contribution in [0.25, 0.3) is 0 Å². The summed E-state index contributed by atoms with van der Waals surface area (Å²) in [7, 11) is 0.